The van der Waals surface area contributed by atoms with Crippen molar-refractivity contribution in [3.8, 4) is 0 Å². The number of hydrogen-bond donors (Lipinski definition) is 0. The van der Waals surface area contributed by atoms with Crippen LogP contribution in [0.2, 0.25) is 5.02 Å². The van der Waals surface area contributed by atoms with E-state index in [-0.39, 0.29) is 5.78 Å². The Hall–Kier alpha value is -0.820. The number of rotatable bonds is 3. The van der Waals surface area contributed by atoms with E-state index >= 15 is 0 Å². The molecule has 15 heavy (non-hydrogen) atoms. The first-order valence-electron chi connectivity index (χ1n) is 5.39. The summed E-state index contributed by atoms with van der Waals surface area (Å²) in [7, 11) is 0. The van der Waals surface area contributed by atoms with Crippen molar-refractivity contribution in [1.82, 2.24) is 0 Å². The van der Waals surface area contributed by atoms with E-state index in [0.29, 0.717) is 22.9 Å². The van der Waals surface area contributed by atoms with E-state index in [1.165, 1.54) is 0 Å². The molecular weight excluding hydrogens is 208 g/mol. The van der Waals surface area contributed by atoms with Gasteiger partial charge < -0.3 is 0 Å². The van der Waals surface area contributed by atoms with Crippen LogP contribution in [0.5, 0.6) is 0 Å². The molecule has 1 aromatic carbocycles. The molecule has 0 bridgehead atoms. The maximum absolute atomic E-state index is 11.6. The standard InChI is InChI=1S/C11H13ClO.C2H6/c1-8(2)7-11(13)9-5-3-4-6-10(9)12;1-2/h3-6,8H,7H2,1-2H3;1-2H3. The van der Waals surface area contributed by atoms with Gasteiger partial charge in [-0.1, -0.05) is 51.4 Å². The number of hydrogen-bond acceptors (Lipinski definition) is 1. The van der Waals surface area contributed by atoms with E-state index in [0.717, 1.165) is 0 Å². The third kappa shape index (κ3) is 4.98. The monoisotopic (exact) mass is 226 g/mol. The molecule has 1 aromatic rings. The Morgan fingerprint density at radius 2 is 1.80 bits per heavy atom. The molecular formula is C13H19ClO. The van der Waals surface area contributed by atoms with Gasteiger partial charge in [0.1, 0.15) is 0 Å². The van der Waals surface area contributed by atoms with Gasteiger partial charge in [-0.05, 0) is 18.1 Å². The first-order chi connectivity index (χ1) is 7.11. The summed E-state index contributed by atoms with van der Waals surface area (Å²) in [5.74, 6) is 0.504. The van der Waals surface area contributed by atoms with Crippen LogP contribution in [0.1, 0.15) is 44.5 Å². The van der Waals surface area contributed by atoms with E-state index in [1.54, 1.807) is 12.1 Å². The SMILES string of the molecule is CC.CC(C)CC(=O)c1ccccc1Cl. The summed E-state index contributed by atoms with van der Waals surface area (Å²) in [5, 5.41) is 0.549. The first kappa shape index (κ1) is 14.2. The Balaban J connectivity index is 0.000000921. The zero-order valence-corrected chi connectivity index (χ0v) is 10.6. The molecule has 2 heteroatoms. The van der Waals surface area contributed by atoms with Crippen LogP contribution in [0.15, 0.2) is 24.3 Å². The normalized spacial score (nSPS) is 9.47. The van der Waals surface area contributed by atoms with Crippen LogP contribution in [0.3, 0.4) is 0 Å². The molecule has 1 rings (SSSR count). The van der Waals surface area contributed by atoms with Crippen LogP contribution >= 0.6 is 11.6 Å². The van der Waals surface area contributed by atoms with Crippen molar-refractivity contribution in [3.63, 3.8) is 0 Å². The molecule has 0 amide bonds. The number of benzene rings is 1. The predicted molar refractivity (Wildman–Crippen MR) is 66.6 cm³/mol. The van der Waals surface area contributed by atoms with E-state index in [1.807, 2.05) is 39.8 Å². The molecule has 0 saturated heterocycles. The molecule has 0 spiro atoms. The predicted octanol–water partition coefficient (Wildman–Crippen LogP) is 4.60. The summed E-state index contributed by atoms with van der Waals surface area (Å²) >= 11 is 5.88. The lowest BCUT2D eigenvalue weighted by Gasteiger charge is -2.04. The fourth-order valence-electron chi connectivity index (χ4n) is 1.17. The van der Waals surface area contributed by atoms with Gasteiger partial charge in [0.2, 0.25) is 0 Å². The number of halogens is 1. The first-order valence-corrected chi connectivity index (χ1v) is 5.76. The van der Waals surface area contributed by atoms with Crippen molar-refractivity contribution in [1.29, 1.82) is 0 Å². The second kappa shape index (κ2) is 7.47. The van der Waals surface area contributed by atoms with Crippen LogP contribution in [0, 0.1) is 5.92 Å². The molecule has 0 aliphatic rings. The van der Waals surface area contributed by atoms with Gasteiger partial charge in [0.05, 0.1) is 5.02 Å². The minimum absolute atomic E-state index is 0.126. The minimum atomic E-state index is 0.126. The van der Waals surface area contributed by atoms with Crippen LogP contribution in [0.25, 0.3) is 0 Å². The van der Waals surface area contributed by atoms with E-state index in [2.05, 4.69) is 0 Å². The molecule has 0 unspecified atom stereocenters. The Kier molecular flexibility index (Phi) is 7.06. The lowest BCUT2D eigenvalue weighted by atomic mass is 10.0. The maximum atomic E-state index is 11.6. The third-order valence-corrected chi connectivity index (χ3v) is 2.10. The van der Waals surface area contributed by atoms with Gasteiger partial charge >= 0.3 is 0 Å². The molecule has 0 saturated carbocycles. The highest BCUT2D eigenvalue weighted by atomic mass is 35.5. The smallest absolute Gasteiger partial charge is 0.164 e. The quantitative estimate of drug-likeness (QED) is 0.689. The highest BCUT2D eigenvalue weighted by Gasteiger charge is 2.10. The average Bonchev–Trinajstić information content (AvgIpc) is 2.20. The van der Waals surface area contributed by atoms with Gasteiger partial charge in [-0.25, -0.2) is 0 Å². The van der Waals surface area contributed by atoms with E-state index in [4.69, 9.17) is 11.6 Å². The third-order valence-electron chi connectivity index (χ3n) is 1.77. The highest BCUT2D eigenvalue weighted by Crippen LogP contribution is 2.18. The minimum Gasteiger partial charge on any atom is -0.294 e. The maximum Gasteiger partial charge on any atom is 0.164 e. The molecule has 0 aromatic heterocycles. The van der Waals surface area contributed by atoms with Crippen molar-refractivity contribution in [2.75, 3.05) is 0 Å². The Bertz CT molecular complexity index is 305. The summed E-state index contributed by atoms with van der Waals surface area (Å²) in [4.78, 5) is 11.6. The Morgan fingerprint density at radius 3 is 2.27 bits per heavy atom. The summed E-state index contributed by atoms with van der Waals surface area (Å²) in [5.41, 5.74) is 0.637. The molecule has 0 aliphatic heterocycles. The highest BCUT2D eigenvalue weighted by molar-refractivity contribution is 6.33. The summed E-state index contributed by atoms with van der Waals surface area (Å²) in [6, 6.07) is 7.18. The topological polar surface area (TPSA) is 17.1 Å². The zero-order valence-electron chi connectivity index (χ0n) is 9.88. The molecule has 0 heterocycles. The average molecular weight is 227 g/mol. The van der Waals surface area contributed by atoms with Crippen molar-refractivity contribution in [2.24, 2.45) is 5.92 Å². The molecule has 0 N–H and O–H groups in total. The van der Waals surface area contributed by atoms with Crippen LogP contribution < -0.4 is 0 Å². The van der Waals surface area contributed by atoms with Crippen molar-refractivity contribution in [3.05, 3.63) is 34.9 Å². The molecule has 0 atom stereocenters. The summed E-state index contributed by atoms with van der Waals surface area (Å²) in [6.45, 7) is 8.05. The summed E-state index contributed by atoms with van der Waals surface area (Å²) in [6.07, 6.45) is 0.559. The Labute approximate surface area is 97.5 Å². The van der Waals surface area contributed by atoms with E-state index in [9.17, 15) is 4.79 Å². The second-order valence-corrected chi connectivity index (χ2v) is 3.91. The number of Topliss-reactive ketones (excluding diaryl/α,β-unsaturated/α-hetero) is 1. The lowest BCUT2D eigenvalue weighted by Crippen LogP contribution is -2.03. The van der Waals surface area contributed by atoms with E-state index < -0.39 is 0 Å². The second-order valence-electron chi connectivity index (χ2n) is 3.50. The van der Waals surface area contributed by atoms with Gasteiger partial charge in [0, 0.05) is 12.0 Å². The molecule has 1 nitrogen and oxygen atoms in total. The largest absolute Gasteiger partial charge is 0.294 e. The van der Waals surface area contributed by atoms with Crippen LogP contribution in [-0.2, 0) is 0 Å². The molecule has 0 radical (unpaired) electrons. The number of ketones is 1. The zero-order chi connectivity index (χ0) is 11.8. The van der Waals surface area contributed by atoms with Gasteiger partial charge in [-0.3, -0.25) is 4.79 Å². The van der Waals surface area contributed by atoms with Crippen LogP contribution in [0.4, 0.5) is 0 Å². The van der Waals surface area contributed by atoms with Crippen LogP contribution in [-0.4, -0.2) is 5.78 Å². The van der Waals surface area contributed by atoms with Gasteiger partial charge in [0.15, 0.2) is 5.78 Å². The van der Waals surface area contributed by atoms with Crippen molar-refractivity contribution in [2.45, 2.75) is 34.1 Å². The van der Waals surface area contributed by atoms with Gasteiger partial charge in [-0.15, -0.1) is 0 Å². The van der Waals surface area contributed by atoms with Gasteiger partial charge in [0.25, 0.3) is 0 Å². The Morgan fingerprint density at radius 1 is 1.27 bits per heavy atom. The number of carbonyl (C=O) groups is 1. The summed E-state index contributed by atoms with van der Waals surface area (Å²) < 4.78 is 0. The van der Waals surface area contributed by atoms with Gasteiger partial charge in [-0.2, -0.15) is 0 Å². The molecule has 0 fully saturated rings. The molecule has 0 aliphatic carbocycles. The fraction of sp³-hybridized carbons (Fsp3) is 0.462. The lowest BCUT2D eigenvalue weighted by molar-refractivity contribution is 0.0968. The molecule has 84 valence electrons. The fourth-order valence-corrected chi connectivity index (χ4v) is 1.41. The number of carbonyl (C=O) groups excluding carboxylic acids is 1. The van der Waals surface area contributed by atoms with Crippen molar-refractivity contribution >= 4 is 17.4 Å². The van der Waals surface area contributed by atoms with Crippen molar-refractivity contribution < 1.29 is 4.79 Å².